The van der Waals surface area contributed by atoms with E-state index in [4.69, 9.17) is 9.47 Å². The van der Waals surface area contributed by atoms with Gasteiger partial charge in [-0.25, -0.2) is 9.07 Å². The molecule has 0 amide bonds. The fourth-order valence-corrected chi connectivity index (χ4v) is 6.25. The van der Waals surface area contributed by atoms with Gasteiger partial charge in [-0.3, -0.25) is 4.79 Å². The molecule has 5 rings (SSSR count). The predicted octanol–water partition coefficient (Wildman–Crippen LogP) is 6.61. The lowest BCUT2D eigenvalue weighted by molar-refractivity contribution is -0.137. The summed E-state index contributed by atoms with van der Waals surface area (Å²) in [6, 6.07) is 12.2. The fourth-order valence-electron chi connectivity index (χ4n) is 4.83. The molecule has 0 aliphatic heterocycles. The van der Waals surface area contributed by atoms with E-state index in [9.17, 15) is 14.3 Å². The molecule has 9 heteroatoms. The van der Waals surface area contributed by atoms with Crippen LogP contribution in [0, 0.1) is 11.2 Å². The van der Waals surface area contributed by atoms with Gasteiger partial charge in [-0.05, 0) is 66.5 Å². The molecule has 2 aliphatic rings. The number of methoxy groups -OCH3 is 1. The monoisotopic (exact) mass is 537 g/mol. The van der Waals surface area contributed by atoms with E-state index < -0.39 is 11.8 Å². The smallest absolute Gasteiger partial charge is 0.304 e. The van der Waals surface area contributed by atoms with Crippen LogP contribution in [0.25, 0.3) is 11.3 Å². The first-order valence-corrected chi connectivity index (χ1v) is 13.8. The lowest BCUT2D eigenvalue weighted by Gasteiger charge is -2.24. The van der Waals surface area contributed by atoms with Crippen LogP contribution in [-0.2, 0) is 11.4 Å². The van der Waals surface area contributed by atoms with Crippen LogP contribution in [0.2, 0.25) is 0 Å². The number of aromatic nitrogens is 3. The van der Waals surface area contributed by atoms with E-state index in [1.807, 2.05) is 24.3 Å². The molecule has 1 saturated carbocycles. The zero-order chi connectivity index (χ0) is 26.9. The number of carboxylic acid groups (broad SMARTS) is 1. The third-order valence-electron chi connectivity index (χ3n) is 7.07. The van der Waals surface area contributed by atoms with Gasteiger partial charge in [-0.2, -0.15) is 0 Å². The molecule has 0 saturated heterocycles. The lowest BCUT2D eigenvalue weighted by Crippen LogP contribution is -2.15. The Labute approximate surface area is 226 Å². The number of rotatable bonds is 11. The van der Waals surface area contributed by atoms with Gasteiger partial charge in [0.15, 0.2) is 0 Å². The fraction of sp³-hybridized carbons (Fsp3) is 0.414. The Hall–Kier alpha value is -3.33. The summed E-state index contributed by atoms with van der Waals surface area (Å²) < 4.78 is 28.0. The van der Waals surface area contributed by atoms with Gasteiger partial charge in [0, 0.05) is 16.6 Å². The third kappa shape index (κ3) is 5.72. The highest BCUT2D eigenvalue weighted by atomic mass is 32.2. The summed E-state index contributed by atoms with van der Waals surface area (Å²) in [4.78, 5) is 11.5. The Kier molecular flexibility index (Phi) is 7.47. The average molecular weight is 538 g/mol. The number of benzene rings is 2. The first-order chi connectivity index (χ1) is 18.2. The van der Waals surface area contributed by atoms with Crippen LogP contribution >= 0.6 is 11.8 Å². The molecule has 1 N–H and O–H groups in total. The van der Waals surface area contributed by atoms with Crippen molar-refractivity contribution in [2.24, 2.45) is 5.41 Å². The van der Waals surface area contributed by atoms with Gasteiger partial charge < -0.3 is 14.6 Å². The topological polar surface area (TPSA) is 86.5 Å². The van der Waals surface area contributed by atoms with Crippen LogP contribution in [-0.4, -0.2) is 38.4 Å². The number of allylic oxidation sites excluding steroid dienone is 2. The Morgan fingerprint density at radius 3 is 2.74 bits per heavy atom. The maximum absolute atomic E-state index is 15.0. The van der Waals surface area contributed by atoms with Crippen molar-refractivity contribution in [2.75, 3.05) is 7.11 Å². The molecule has 1 aromatic heterocycles. The molecule has 1 heterocycles. The highest BCUT2D eigenvalue weighted by Gasteiger charge is 2.34. The van der Waals surface area contributed by atoms with Crippen molar-refractivity contribution in [3.05, 3.63) is 71.3 Å². The van der Waals surface area contributed by atoms with Crippen molar-refractivity contribution in [3.8, 4) is 17.2 Å². The number of hydrogen-bond donors (Lipinski definition) is 1. The van der Waals surface area contributed by atoms with E-state index in [1.54, 1.807) is 35.7 Å². The number of nitrogens with zero attached hydrogens (tertiary/aromatic N) is 3. The van der Waals surface area contributed by atoms with Gasteiger partial charge in [0.25, 0.3) is 0 Å². The predicted molar refractivity (Wildman–Crippen MR) is 145 cm³/mol. The number of carboxylic acids is 1. The van der Waals surface area contributed by atoms with E-state index in [-0.39, 0.29) is 29.4 Å². The molecular formula is C29H32FN3O4S. The number of carbonyl (C=O) groups is 1. The van der Waals surface area contributed by atoms with Crippen molar-refractivity contribution in [1.29, 1.82) is 0 Å². The normalized spacial score (nSPS) is 17.2. The van der Waals surface area contributed by atoms with E-state index >= 15 is 0 Å². The summed E-state index contributed by atoms with van der Waals surface area (Å²) in [5.74, 6) is -0.0850. The van der Waals surface area contributed by atoms with Crippen molar-refractivity contribution < 1.29 is 23.8 Å². The second-order valence-electron chi connectivity index (χ2n) is 10.4. The molecule has 38 heavy (non-hydrogen) atoms. The van der Waals surface area contributed by atoms with Gasteiger partial charge in [0.2, 0.25) is 0 Å². The SMILES string of the molecule is COc1ccc(F)c(-n2nnc(COc3cccc(C(CC(=O)O)SC4CC4)c3)c2C2=CCCC2(C)C)c1. The number of hydrogen-bond acceptors (Lipinski definition) is 6. The molecule has 0 radical (unpaired) electrons. The zero-order valence-electron chi connectivity index (χ0n) is 21.8. The Balaban J connectivity index is 1.45. The van der Waals surface area contributed by atoms with Crippen LogP contribution in [0.4, 0.5) is 4.39 Å². The molecule has 3 aromatic rings. The van der Waals surface area contributed by atoms with Crippen LogP contribution in [0.5, 0.6) is 11.5 Å². The average Bonchev–Trinajstić information content (AvgIpc) is 3.51. The van der Waals surface area contributed by atoms with Gasteiger partial charge in [-0.1, -0.05) is 37.3 Å². The van der Waals surface area contributed by atoms with Crippen molar-refractivity contribution in [1.82, 2.24) is 15.0 Å². The molecule has 1 atom stereocenters. The molecule has 2 aliphatic carbocycles. The largest absolute Gasteiger partial charge is 0.497 e. The van der Waals surface area contributed by atoms with Gasteiger partial charge >= 0.3 is 5.97 Å². The minimum absolute atomic E-state index is 0.0679. The minimum Gasteiger partial charge on any atom is -0.497 e. The zero-order valence-corrected chi connectivity index (χ0v) is 22.6. The minimum atomic E-state index is -0.812. The van der Waals surface area contributed by atoms with Crippen molar-refractivity contribution in [3.63, 3.8) is 0 Å². The summed E-state index contributed by atoms with van der Waals surface area (Å²) in [5, 5.41) is 18.6. The lowest BCUT2D eigenvalue weighted by atomic mass is 9.83. The Bertz CT molecular complexity index is 1370. The summed E-state index contributed by atoms with van der Waals surface area (Å²) in [7, 11) is 1.54. The van der Waals surface area contributed by atoms with Crippen molar-refractivity contribution in [2.45, 2.75) is 63.1 Å². The van der Waals surface area contributed by atoms with Crippen LogP contribution in [0.1, 0.15) is 68.2 Å². The number of halogens is 1. The van der Waals surface area contributed by atoms with E-state index in [1.165, 1.54) is 6.07 Å². The van der Waals surface area contributed by atoms with Crippen molar-refractivity contribution >= 4 is 23.3 Å². The molecule has 1 unspecified atom stereocenters. The highest BCUT2D eigenvalue weighted by Crippen LogP contribution is 2.46. The van der Waals surface area contributed by atoms with E-state index in [0.29, 0.717) is 22.4 Å². The number of ether oxygens (including phenoxy) is 2. The third-order valence-corrected chi connectivity index (χ3v) is 8.69. The molecular weight excluding hydrogens is 505 g/mol. The Morgan fingerprint density at radius 1 is 1.24 bits per heavy atom. The second-order valence-corrected chi connectivity index (χ2v) is 11.9. The molecule has 0 spiro atoms. The van der Waals surface area contributed by atoms with Crippen LogP contribution in [0.15, 0.2) is 48.5 Å². The first-order valence-electron chi connectivity index (χ1n) is 12.8. The van der Waals surface area contributed by atoms with Crippen LogP contribution in [0.3, 0.4) is 0 Å². The molecule has 200 valence electrons. The quantitative estimate of drug-likeness (QED) is 0.295. The maximum Gasteiger partial charge on any atom is 0.304 e. The first kappa shape index (κ1) is 26.3. The van der Waals surface area contributed by atoms with E-state index in [2.05, 4.69) is 30.2 Å². The summed E-state index contributed by atoms with van der Waals surface area (Å²) in [6.07, 6.45) is 6.40. The summed E-state index contributed by atoms with van der Waals surface area (Å²) in [5.41, 5.74) is 3.45. The van der Waals surface area contributed by atoms with Crippen LogP contribution < -0.4 is 9.47 Å². The highest BCUT2D eigenvalue weighted by molar-refractivity contribution is 8.00. The van der Waals surface area contributed by atoms with E-state index in [0.717, 1.165) is 42.5 Å². The standard InChI is InChI=1S/C29H32FN3O4S/c1-29(2)13-5-8-22(29)28-24(31-32-33(28)25-15-19(36-3)9-12-23(25)30)17-37-20-7-4-6-18(14-20)26(16-27(34)35)38-21-10-11-21/h4,6-9,12,14-15,21,26H,5,10-11,13,16-17H2,1-3H3,(H,34,35). The number of aliphatic carboxylic acids is 1. The second kappa shape index (κ2) is 10.8. The molecule has 0 bridgehead atoms. The maximum atomic E-state index is 15.0. The van der Waals surface area contributed by atoms with Gasteiger partial charge in [0.05, 0.1) is 19.2 Å². The number of thioether (sulfide) groups is 1. The summed E-state index contributed by atoms with van der Waals surface area (Å²) >= 11 is 1.72. The molecule has 2 aromatic carbocycles. The summed E-state index contributed by atoms with van der Waals surface area (Å²) in [6.45, 7) is 4.47. The molecule has 1 fully saturated rings. The molecule has 7 nitrogen and oxygen atoms in total. The van der Waals surface area contributed by atoms with Gasteiger partial charge in [-0.15, -0.1) is 16.9 Å². The van der Waals surface area contributed by atoms with Gasteiger partial charge in [0.1, 0.15) is 35.3 Å². The Morgan fingerprint density at radius 2 is 2.05 bits per heavy atom.